The first kappa shape index (κ1) is 11.8. The Morgan fingerprint density at radius 3 is 2.06 bits per heavy atom. The topological polar surface area (TPSA) is 95.9 Å². The van der Waals surface area contributed by atoms with Gasteiger partial charge in [-0.1, -0.05) is 12.1 Å². The number of rotatable bonds is 4. The van der Waals surface area contributed by atoms with Gasteiger partial charge in [-0.15, -0.1) is 0 Å². The second-order valence-electron chi connectivity index (χ2n) is 3.84. The summed E-state index contributed by atoms with van der Waals surface area (Å²) in [5.74, 6) is 0. The fraction of sp³-hybridized carbons (Fsp3) is 0.250. The molecule has 0 saturated heterocycles. The largest absolute Gasteiger partial charge is 0.326 e. The van der Waals surface area contributed by atoms with Gasteiger partial charge >= 0.3 is 0 Å². The summed E-state index contributed by atoms with van der Waals surface area (Å²) >= 11 is 0. The molecule has 5 nitrogen and oxygen atoms in total. The third kappa shape index (κ3) is 2.21. The van der Waals surface area contributed by atoms with E-state index in [0.717, 1.165) is 22.4 Å². The van der Waals surface area contributed by atoms with Crippen LogP contribution in [0, 0.1) is 0 Å². The lowest BCUT2D eigenvalue weighted by Crippen LogP contribution is -2.12. The molecule has 1 heterocycles. The molecule has 0 aliphatic carbocycles. The van der Waals surface area contributed by atoms with Gasteiger partial charge in [0.2, 0.25) is 0 Å². The van der Waals surface area contributed by atoms with E-state index in [1.807, 2.05) is 22.9 Å². The Kier molecular flexibility index (Phi) is 3.53. The molecule has 2 rings (SSSR count). The third-order valence-corrected chi connectivity index (χ3v) is 2.77. The van der Waals surface area contributed by atoms with Crippen molar-refractivity contribution in [3.05, 3.63) is 47.5 Å². The number of nitrogens with zero attached hydrogens (tertiary/aromatic N) is 2. The molecule has 0 atom stereocenters. The summed E-state index contributed by atoms with van der Waals surface area (Å²) in [6, 6.07) is 4.04. The van der Waals surface area contributed by atoms with Crippen molar-refractivity contribution in [2.45, 2.75) is 19.6 Å². The Labute approximate surface area is 100 Å². The van der Waals surface area contributed by atoms with Crippen LogP contribution >= 0.6 is 0 Å². The minimum Gasteiger partial charge on any atom is -0.326 e. The van der Waals surface area contributed by atoms with E-state index in [9.17, 15) is 0 Å². The maximum atomic E-state index is 5.79. The van der Waals surface area contributed by atoms with E-state index in [-0.39, 0.29) is 0 Å². The Bertz CT molecular complexity index is 465. The van der Waals surface area contributed by atoms with Crippen LogP contribution in [0.4, 0.5) is 0 Å². The van der Waals surface area contributed by atoms with Crippen LogP contribution in [0.5, 0.6) is 0 Å². The van der Waals surface area contributed by atoms with E-state index in [1.165, 1.54) is 0 Å². The van der Waals surface area contributed by atoms with Crippen molar-refractivity contribution in [3.63, 3.8) is 0 Å². The van der Waals surface area contributed by atoms with Crippen LogP contribution in [0.3, 0.4) is 0 Å². The van der Waals surface area contributed by atoms with E-state index in [2.05, 4.69) is 4.98 Å². The van der Waals surface area contributed by atoms with Crippen LogP contribution < -0.4 is 17.2 Å². The lowest BCUT2D eigenvalue weighted by molar-refractivity contribution is 0.922. The van der Waals surface area contributed by atoms with Crippen LogP contribution in [-0.2, 0) is 19.6 Å². The second kappa shape index (κ2) is 5.09. The van der Waals surface area contributed by atoms with E-state index in [4.69, 9.17) is 17.2 Å². The molecular formula is C12H17N5. The summed E-state index contributed by atoms with van der Waals surface area (Å²) in [5.41, 5.74) is 21.4. The predicted molar refractivity (Wildman–Crippen MR) is 67.2 cm³/mol. The highest BCUT2D eigenvalue weighted by atomic mass is 15.0. The van der Waals surface area contributed by atoms with E-state index >= 15 is 0 Å². The van der Waals surface area contributed by atoms with Crippen molar-refractivity contribution in [1.29, 1.82) is 0 Å². The first-order valence-corrected chi connectivity index (χ1v) is 5.53. The molecule has 0 bridgehead atoms. The van der Waals surface area contributed by atoms with Crippen molar-refractivity contribution in [2.75, 3.05) is 0 Å². The molecular weight excluding hydrogens is 214 g/mol. The molecule has 6 N–H and O–H groups in total. The Morgan fingerprint density at radius 2 is 1.65 bits per heavy atom. The summed E-state index contributed by atoms with van der Waals surface area (Å²) in [6.45, 7) is 1.40. The molecule has 0 fully saturated rings. The molecule has 1 aromatic carbocycles. The minimum absolute atomic E-state index is 0.453. The number of aromatic nitrogens is 2. The average molecular weight is 231 g/mol. The Morgan fingerprint density at radius 1 is 1.00 bits per heavy atom. The van der Waals surface area contributed by atoms with Gasteiger partial charge in [0.1, 0.15) is 0 Å². The number of hydrogen-bond acceptors (Lipinski definition) is 4. The second-order valence-corrected chi connectivity index (χ2v) is 3.84. The third-order valence-electron chi connectivity index (χ3n) is 2.77. The van der Waals surface area contributed by atoms with Gasteiger partial charge in [0, 0.05) is 32.0 Å². The molecule has 0 saturated carbocycles. The monoisotopic (exact) mass is 231 g/mol. The number of hydrogen-bond donors (Lipinski definition) is 3. The maximum Gasteiger partial charge on any atom is 0.0991 e. The van der Waals surface area contributed by atoms with Crippen molar-refractivity contribution in [2.24, 2.45) is 17.2 Å². The van der Waals surface area contributed by atoms with Crippen molar-refractivity contribution < 1.29 is 0 Å². The van der Waals surface area contributed by atoms with Crippen LogP contribution in [0.25, 0.3) is 5.69 Å². The molecule has 5 heteroatoms. The molecule has 0 amide bonds. The van der Waals surface area contributed by atoms with E-state index < -0.39 is 0 Å². The zero-order chi connectivity index (χ0) is 12.3. The first-order valence-electron chi connectivity index (χ1n) is 5.53. The van der Waals surface area contributed by atoms with Crippen LogP contribution in [-0.4, -0.2) is 9.55 Å². The standard InChI is InChI=1S/C12H17N5/c13-5-9-3-10(6-14)12(11(4-9)7-15)17-2-1-16-8-17/h1-4,8H,5-7,13-15H2. The quantitative estimate of drug-likeness (QED) is 0.702. The summed E-state index contributed by atoms with van der Waals surface area (Å²) in [7, 11) is 0. The van der Waals surface area contributed by atoms with Gasteiger partial charge in [0.25, 0.3) is 0 Å². The van der Waals surface area contributed by atoms with Crippen molar-refractivity contribution >= 4 is 0 Å². The maximum absolute atomic E-state index is 5.79. The normalized spacial score (nSPS) is 10.8. The fourth-order valence-corrected chi connectivity index (χ4v) is 1.98. The predicted octanol–water partition coefficient (Wildman–Crippen LogP) is 0.248. The molecule has 17 heavy (non-hydrogen) atoms. The van der Waals surface area contributed by atoms with Gasteiger partial charge in [0.05, 0.1) is 12.0 Å². The number of nitrogens with two attached hydrogens (primary N) is 3. The van der Waals surface area contributed by atoms with Crippen LogP contribution in [0.2, 0.25) is 0 Å². The molecule has 90 valence electrons. The zero-order valence-corrected chi connectivity index (χ0v) is 9.63. The van der Waals surface area contributed by atoms with E-state index in [1.54, 1.807) is 12.5 Å². The fourth-order valence-electron chi connectivity index (χ4n) is 1.98. The highest BCUT2D eigenvalue weighted by molar-refractivity contribution is 5.50. The van der Waals surface area contributed by atoms with Crippen LogP contribution in [0.15, 0.2) is 30.9 Å². The number of benzene rings is 1. The van der Waals surface area contributed by atoms with Crippen LogP contribution in [0.1, 0.15) is 16.7 Å². The van der Waals surface area contributed by atoms with Crippen molar-refractivity contribution in [3.8, 4) is 5.69 Å². The highest BCUT2D eigenvalue weighted by Crippen LogP contribution is 2.21. The molecule has 0 aliphatic rings. The summed E-state index contributed by atoms with van der Waals surface area (Å²) in [6.07, 6.45) is 5.36. The molecule has 0 spiro atoms. The summed E-state index contributed by atoms with van der Waals surface area (Å²) < 4.78 is 1.94. The molecule has 0 aliphatic heterocycles. The van der Waals surface area contributed by atoms with Crippen molar-refractivity contribution in [1.82, 2.24) is 9.55 Å². The molecule has 1 aromatic heterocycles. The summed E-state index contributed by atoms with van der Waals surface area (Å²) in [4.78, 5) is 4.05. The lowest BCUT2D eigenvalue weighted by Gasteiger charge is -2.15. The Balaban J connectivity index is 2.63. The van der Waals surface area contributed by atoms with Gasteiger partial charge in [-0.2, -0.15) is 0 Å². The summed E-state index contributed by atoms with van der Waals surface area (Å²) in [5, 5.41) is 0. The number of imidazole rings is 1. The minimum atomic E-state index is 0.453. The molecule has 0 unspecified atom stereocenters. The SMILES string of the molecule is NCc1cc(CN)c(-n2ccnc2)c(CN)c1. The molecule has 2 aromatic rings. The lowest BCUT2D eigenvalue weighted by atomic mass is 10.0. The first-order chi connectivity index (χ1) is 8.30. The van der Waals surface area contributed by atoms with E-state index in [0.29, 0.717) is 19.6 Å². The average Bonchev–Trinajstić information content (AvgIpc) is 2.90. The van der Waals surface area contributed by atoms with Gasteiger partial charge < -0.3 is 21.8 Å². The molecule has 0 radical (unpaired) electrons. The highest BCUT2D eigenvalue weighted by Gasteiger charge is 2.10. The Hall–Kier alpha value is -1.69. The van der Waals surface area contributed by atoms with Gasteiger partial charge in [-0.05, 0) is 16.7 Å². The zero-order valence-electron chi connectivity index (χ0n) is 9.63. The van der Waals surface area contributed by atoms with Gasteiger partial charge in [-0.25, -0.2) is 4.98 Å². The smallest absolute Gasteiger partial charge is 0.0991 e. The van der Waals surface area contributed by atoms with Gasteiger partial charge in [-0.3, -0.25) is 0 Å². The van der Waals surface area contributed by atoms with Gasteiger partial charge in [0.15, 0.2) is 0 Å².